The summed E-state index contributed by atoms with van der Waals surface area (Å²) >= 11 is 0. The average Bonchev–Trinajstić information content (AvgIpc) is 3.19. The number of imidazole rings is 1. The first-order valence-corrected chi connectivity index (χ1v) is 11.1. The van der Waals surface area contributed by atoms with Gasteiger partial charge in [-0.15, -0.1) is 0 Å². The first kappa shape index (κ1) is 22.5. The number of rotatable bonds is 8. The second-order valence-corrected chi connectivity index (χ2v) is 7.84. The Kier molecular flexibility index (Phi) is 6.72. The van der Waals surface area contributed by atoms with Gasteiger partial charge in [0.05, 0.1) is 32.4 Å². The number of hydrogen-bond donors (Lipinski definition) is 1. The maximum absolute atomic E-state index is 13.0. The Hall–Kier alpha value is -3.68. The van der Waals surface area contributed by atoms with Crippen LogP contribution in [0.1, 0.15) is 30.1 Å². The lowest BCUT2D eigenvalue weighted by molar-refractivity contribution is 0.0771. The van der Waals surface area contributed by atoms with E-state index in [1.165, 1.54) is 0 Å². The molecule has 2 heterocycles. The van der Waals surface area contributed by atoms with Crippen LogP contribution < -0.4 is 19.5 Å². The monoisotopic (exact) mass is 450 g/mol. The Morgan fingerprint density at radius 1 is 1.06 bits per heavy atom. The molecule has 0 saturated heterocycles. The van der Waals surface area contributed by atoms with Crippen LogP contribution >= 0.6 is 0 Å². The third-order valence-corrected chi connectivity index (χ3v) is 5.71. The summed E-state index contributed by atoms with van der Waals surface area (Å²) < 4.78 is 18.5. The Balaban J connectivity index is 1.72. The molecule has 1 aliphatic heterocycles. The maximum Gasteiger partial charge on any atom is 0.254 e. The van der Waals surface area contributed by atoms with Gasteiger partial charge in [-0.05, 0) is 31.0 Å². The fraction of sp³-hybridized carbons (Fsp3) is 0.360. The molecule has 2 aromatic carbocycles. The summed E-state index contributed by atoms with van der Waals surface area (Å²) in [5.74, 6) is 2.38. The molecule has 0 unspecified atom stereocenters. The van der Waals surface area contributed by atoms with Gasteiger partial charge in [0.15, 0.2) is 11.5 Å². The fourth-order valence-electron chi connectivity index (χ4n) is 4.09. The van der Waals surface area contributed by atoms with Crippen LogP contribution in [0.2, 0.25) is 0 Å². The lowest BCUT2D eigenvalue weighted by atomic mass is 10.1. The predicted octanol–water partition coefficient (Wildman–Crippen LogP) is 4.62. The Bertz CT molecular complexity index is 1160. The van der Waals surface area contributed by atoms with Crippen LogP contribution in [-0.4, -0.2) is 54.8 Å². The van der Waals surface area contributed by atoms with Crippen LogP contribution in [0.5, 0.6) is 17.2 Å². The van der Waals surface area contributed by atoms with Crippen molar-refractivity contribution < 1.29 is 19.0 Å². The van der Waals surface area contributed by atoms with Gasteiger partial charge in [0.25, 0.3) is 5.91 Å². The number of amides is 1. The molecule has 0 atom stereocenters. The molecule has 0 spiro atoms. The number of fused-ring (bicyclic) bond motifs is 1. The van der Waals surface area contributed by atoms with Gasteiger partial charge in [-0.25, -0.2) is 4.98 Å². The van der Waals surface area contributed by atoms with Crippen LogP contribution in [0.4, 0.5) is 11.6 Å². The van der Waals surface area contributed by atoms with Crippen LogP contribution in [0.25, 0.3) is 11.0 Å². The largest absolute Gasteiger partial charge is 0.493 e. The zero-order valence-electron chi connectivity index (χ0n) is 19.6. The first-order chi connectivity index (χ1) is 16.1. The van der Waals surface area contributed by atoms with Crippen molar-refractivity contribution >= 4 is 28.6 Å². The summed E-state index contributed by atoms with van der Waals surface area (Å²) in [5.41, 5.74) is 3.18. The molecule has 174 valence electrons. The standard InChI is InChI=1S/C25H30N4O4/c1-5-11-29-20-14-17(24(30)28-12-7-6-8-13-28)9-10-19(20)27-25(29)26-18-15-21(31-2)23(33-4)22(16-18)32-3/h6-7,9-10,14-16H,5,8,11-13H2,1-4H3,(H,26,27). The van der Waals surface area contributed by atoms with E-state index >= 15 is 0 Å². The van der Waals surface area contributed by atoms with Gasteiger partial charge in [-0.3, -0.25) is 4.79 Å². The number of anilines is 2. The van der Waals surface area contributed by atoms with Gasteiger partial charge in [0.2, 0.25) is 11.7 Å². The minimum absolute atomic E-state index is 0.0460. The Morgan fingerprint density at radius 2 is 1.82 bits per heavy atom. The van der Waals surface area contributed by atoms with E-state index < -0.39 is 0 Å². The van der Waals surface area contributed by atoms with Crippen molar-refractivity contribution in [2.24, 2.45) is 0 Å². The highest BCUT2D eigenvalue weighted by atomic mass is 16.5. The highest BCUT2D eigenvalue weighted by Crippen LogP contribution is 2.40. The van der Waals surface area contributed by atoms with Crippen LogP contribution in [-0.2, 0) is 6.54 Å². The molecular weight excluding hydrogens is 420 g/mol. The number of methoxy groups -OCH3 is 3. The molecule has 33 heavy (non-hydrogen) atoms. The number of aryl methyl sites for hydroxylation is 1. The van der Waals surface area contributed by atoms with E-state index in [-0.39, 0.29) is 5.91 Å². The van der Waals surface area contributed by atoms with Gasteiger partial charge in [0.1, 0.15) is 0 Å². The predicted molar refractivity (Wildman–Crippen MR) is 129 cm³/mol. The second kappa shape index (κ2) is 9.85. The van der Waals surface area contributed by atoms with Gasteiger partial charge < -0.3 is 29.0 Å². The number of ether oxygens (including phenoxy) is 3. The van der Waals surface area contributed by atoms with Crippen molar-refractivity contribution in [2.75, 3.05) is 39.7 Å². The lowest BCUT2D eigenvalue weighted by Gasteiger charge is -2.23. The van der Waals surface area contributed by atoms with Crippen LogP contribution in [0, 0.1) is 0 Å². The van der Waals surface area contributed by atoms with Crippen molar-refractivity contribution in [3.05, 3.63) is 48.0 Å². The fourth-order valence-corrected chi connectivity index (χ4v) is 4.09. The minimum Gasteiger partial charge on any atom is -0.493 e. The summed E-state index contributed by atoms with van der Waals surface area (Å²) in [7, 11) is 4.75. The smallest absolute Gasteiger partial charge is 0.254 e. The van der Waals surface area contributed by atoms with E-state index in [2.05, 4.69) is 22.9 Å². The molecule has 1 aromatic heterocycles. The SMILES string of the molecule is CCCn1c(Nc2cc(OC)c(OC)c(OC)c2)nc2ccc(C(=O)N3CC=CCC3)cc21. The zero-order chi connectivity index (χ0) is 23.4. The molecule has 1 N–H and O–H groups in total. The average molecular weight is 451 g/mol. The molecule has 0 saturated carbocycles. The molecule has 0 aliphatic carbocycles. The minimum atomic E-state index is 0.0460. The summed E-state index contributed by atoms with van der Waals surface area (Å²) in [4.78, 5) is 19.7. The summed E-state index contributed by atoms with van der Waals surface area (Å²) in [5, 5.41) is 3.39. The molecule has 3 aromatic rings. The number of nitrogens with zero attached hydrogens (tertiary/aromatic N) is 3. The number of carbonyl (C=O) groups excluding carboxylic acids is 1. The number of hydrogen-bond acceptors (Lipinski definition) is 6. The van der Waals surface area contributed by atoms with E-state index in [9.17, 15) is 4.79 Å². The normalized spacial score (nSPS) is 13.3. The van der Waals surface area contributed by atoms with Crippen molar-refractivity contribution in [3.63, 3.8) is 0 Å². The first-order valence-electron chi connectivity index (χ1n) is 11.1. The molecular formula is C25H30N4O4. The Morgan fingerprint density at radius 3 is 2.42 bits per heavy atom. The lowest BCUT2D eigenvalue weighted by Crippen LogP contribution is -2.33. The van der Waals surface area contributed by atoms with Crippen LogP contribution in [0.3, 0.4) is 0 Å². The maximum atomic E-state index is 13.0. The van der Waals surface area contributed by atoms with E-state index in [0.29, 0.717) is 35.3 Å². The number of carbonyl (C=O) groups is 1. The van der Waals surface area contributed by atoms with Crippen LogP contribution in [0.15, 0.2) is 42.5 Å². The molecule has 0 fully saturated rings. The third kappa shape index (κ3) is 4.46. The third-order valence-electron chi connectivity index (χ3n) is 5.71. The van der Waals surface area contributed by atoms with Crippen molar-refractivity contribution in [1.29, 1.82) is 0 Å². The molecule has 8 heteroatoms. The molecule has 4 rings (SSSR count). The van der Waals surface area contributed by atoms with Crippen molar-refractivity contribution in [3.8, 4) is 17.2 Å². The van der Waals surface area contributed by atoms with Crippen molar-refractivity contribution in [2.45, 2.75) is 26.3 Å². The zero-order valence-corrected chi connectivity index (χ0v) is 19.6. The number of nitrogens with one attached hydrogen (secondary N) is 1. The van der Waals surface area contributed by atoms with E-state index in [1.807, 2.05) is 41.3 Å². The molecule has 0 radical (unpaired) electrons. The van der Waals surface area contributed by atoms with E-state index in [0.717, 1.165) is 42.7 Å². The number of aromatic nitrogens is 2. The second-order valence-electron chi connectivity index (χ2n) is 7.84. The van der Waals surface area contributed by atoms with Crippen molar-refractivity contribution in [1.82, 2.24) is 14.5 Å². The highest BCUT2D eigenvalue weighted by molar-refractivity contribution is 5.98. The molecule has 0 bridgehead atoms. The summed E-state index contributed by atoms with van der Waals surface area (Å²) in [6.07, 6.45) is 5.97. The summed E-state index contributed by atoms with van der Waals surface area (Å²) in [6.45, 7) is 4.27. The number of benzene rings is 2. The topological polar surface area (TPSA) is 77.9 Å². The van der Waals surface area contributed by atoms with Gasteiger partial charge in [-0.2, -0.15) is 0 Å². The van der Waals surface area contributed by atoms with E-state index in [1.54, 1.807) is 21.3 Å². The van der Waals surface area contributed by atoms with Gasteiger partial charge >= 0.3 is 0 Å². The van der Waals surface area contributed by atoms with Gasteiger partial charge in [-0.1, -0.05) is 19.1 Å². The molecule has 8 nitrogen and oxygen atoms in total. The summed E-state index contributed by atoms with van der Waals surface area (Å²) in [6, 6.07) is 9.40. The molecule has 1 aliphatic rings. The quantitative estimate of drug-likeness (QED) is 0.505. The van der Waals surface area contributed by atoms with E-state index in [4.69, 9.17) is 19.2 Å². The molecule has 1 amide bonds. The highest BCUT2D eigenvalue weighted by Gasteiger charge is 2.19. The van der Waals surface area contributed by atoms with Gasteiger partial charge in [0, 0.05) is 43.0 Å². The Labute approximate surface area is 193 Å².